The summed E-state index contributed by atoms with van der Waals surface area (Å²) in [5.41, 5.74) is 11.8. The molecule has 57 heavy (non-hydrogen) atoms. The molecule has 0 amide bonds. The van der Waals surface area contributed by atoms with Gasteiger partial charge in [-0.1, -0.05) is 140 Å². The van der Waals surface area contributed by atoms with Crippen LogP contribution in [0.15, 0.2) is 182 Å². The van der Waals surface area contributed by atoms with E-state index in [4.69, 9.17) is 19.9 Å². The fraction of sp³-hybridized carbons (Fsp3) is 0. The van der Waals surface area contributed by atoms with Gasteiger partial charge in [0.15, 0.2) is 0 Å². The first kappa shape index (κ1) is 32.0. The molecule has 0 fully saturated rings. The summed E-state index contributed by atoms with van der Waals surface area (Å²) in [4.78, 5) is 20.6. The van der Waals surface area contributed by atoms with Gasteiger partial charge in [-0.05, 0) is 42.5 Å². The number of hydrogen-bond donors (Lipinski definition) is 0. The van der Waals surface area contributed by atoms with Crippen LogP contribution in [-0.4, -0.2) is 19.9 Å². The van der Waals surface area contributed by atoms with E-state index >= 15 is 0 Å². The number of fused-ring (bicyclic) bond motifs is 11. The van der Waals surface area contributed by atoms with Crippen LogP contribution in [-0.2, 0) is 0 Å². The highest BCUT2D eigenvalue weighted by molar-refractivity contribution is 7.26. The van der Waals surface area contributed by atoms with Crippen LogP contribution in [0.1, 0.15) is 0 Å². The minimum atomic E-state index is 0.903. The van der Waals surface area contributed by atoms with E-state index in [0.717, 1.165) is 83.3 Å². The molecule has 0 N–H and O–H groups in total. The SMILES string of the molecule is c1ccc(-c2ccc3ccc4ccc(-c5ccc6nc(-c7ccc(-c8nc9ccccc9c9c8ccc8c%10ccccc%10sc89)cc7)ccc6c5)nc4c3n2)cc1. The van der Waals surface area contributed by atoms with Gasteiger partial charge in [0.25, 0.3) is 0 Å². The van der Waals surface area contributed by atoms with E-state index in [0.29, 0.717) is 0 Å². The summed E-state index contributed by atoms with van der Waals surface area (Å²) < 4.78 is 2.62. The molecule has 0 aliphatic rings. The Bertz CT molecular complexity index is 3570. The van der Waals surface area contributed by atoms with Crippen molar-refractivity contribution in [3.63, 3.8) is 0 Å². The summed E-state index contributed by atoms with van der Waals surface area (Å²) in [6.45, 7) is 0. The van der Waals surface area contributed by atoms with Gasteiger partial charge in [0, 0.05) is 74.7 Å². The Hall–Kier alpha value is -7.34. The number of rotatable bonds is 4. The highest BCUT2D eigenvalue weighted by Crippen LogP contribution is 2.43. The molecule has 7 aromatic carbocycles. The van der Waals surface area contributed by atoms with Gasteiger partial charge in [-0.2, -0.15) is 0 Å². The lowest BCUT2D eigenvalue weighted by Gasteiger charge is -2.12. The zero-order valence-corrected chi connectivity index (χ0v) is 31.3. The minimum absolute atomic E-state index is 0.903. The van der Waals surface area contributed by atoms with Crippen LogP contribution < -0.4 is 0 Å². The van der Waals surface area contributed by atoms with Gasteiger partial charge in [0.2, 0.25) is 0 Å². The molecule has 12 rings (SSSR count). The van der Waals surface area contributed by atoms with Crippen LogP contribution in [0.2, 0.25) is 0 Å². The monoisotopic (exact) mass is 742 g/mol. The number of para-hydroxylation sites is 1. The van der Waals surface area contributed by atoms with E-state index in [-0.39, 0.29) is 0 Å². The van der Waals surface area contributed by atoms with Crippen molar-refractivity contribution < 1.29 is 0 Å². The second-order valence-electron chi connectivity index (χ2n) is 14.6. The summed E-state index contributed by atoms with van der Waals surface area (Å²) >= 11 is 1.87. The summed E-state index contributed by atoms with van der Waals surface area (Å²) in [7, 11) is 0. The van der Waals surface area contributed by atoms with Crippen molar-refractivity contribution in [2.45, 2.75) is 0 Å². The quantitative estimate of drug-likeness (QED) is 0.169. The van der Waals surface area contributed by atoms with Crippen molar-refractivity contribution >= 4 is 85.9 Å². The Balaban J connectivity index is 0.897. The van der Waals surface area contributed by atoms with Gasteiger partial charge >= 0.3 is 0 Å². The Morgan fingerprint density at radius 2 is 0.912 bits per heavy atom. The number of thiophene rings is 1. The van der Waals surface area contributed by atoms with Gasteiger partial charge < -0.3 is 0 Å². The zero-order valence-electron chi connectivity index (χ0n) is 30.5. The van der Waals surface area contributed by atoms with Crippen LogP contribution in [0.5, 0.6) is 0 Å². The molecule has 0 unspecified atom stereocenters. The molecule has 0 spiro atoms. The number of pyridine rings is 4. The summed E-state index contributed by atoms with van der Waals surface area (Å²) in [6.07, 6.45) is 0. The number of benzene rings is 7. The average Bonchev–Trinajstić information content (AvgIpc) is 3.67. The molecule has 4 nitrogen and oxygen atoms in total. The highest BCUT2D eigenvalue weighted by Gasteiger charge is 2.17. The molecule has 0 aliphatic heterocycles. The van der Waals surface area contributed by atoms with Crippen LogP contribution in [0, 0.1) is 0 Å². The second-order valence-corrected chi connectivity index (χ2v) is 15.6. The lowest BCUT2D eigenvalue weighted by Crippen LogP contribution is -1.92. The predicted octanol–water partition coefficient (Wildman–Crippen LogP) is 14.1. The van der Waals surface area contributed by atoms with Gasteiger partial charge in [0.1, 0.15) is 0 Å². The first-order chi connectivity index (χ1) is 28.2. The Morgan fingerprint density at radius 3 is 1.70 bits per heavy atom. The molecule has 0 saturated heterocycles. The molecular formula is C52H30N4S. The molecule has 0 radical (unpaired) electrons. The third kappa shape index (κ3) is 5.21. The fourth-order valence-electron chi connectivity index (χ4n) is 8.38. The predicted molar refractivity (Wildman–Crippen MR) is 240 cm³/mol. The zero-order chi connectivity index (χ0) is 37.5. The van der Waals surface area contributed by atoms with E-state index in [1.54, 1.807) is 0 Å². The molecule has 0 saturated carbocycles. The first-order valence-corrected chi connectivity index (χ1v) is 19.9. The number of hydrogen-bond acceptors (Lipinski definition) is 5. The van der Waals surface area contributed by atoms with E-state index < -0.39 is 0 Å². The highest BCUT2D eigenvalue weighted by atomic mass is 32.1. The first-order valence-electron chi connectivity index (χ1n) is 19.1. The summed E-state index contributed by atoms with van der Waals surface area (Å²) in [6, 6.07) is 64.1. The largest absolute Gasteiger partial charge is 0.248 e. The van der Waals surface area contributed by atoms with E-state index in [1.165, 1.54) is 36.3 Å². The lowest BCUT2D eigenvalue weighted by molar-refractivity contribution is 1.36. The maximum Gasteiger partial charge on any atom is 0.0972 e. The lowest BCUT2D eigenvalue weighted by atomic mass is 9.97. The van der Waals surface area contributed by atoms with Crippen molar-refractivity contribution in [2.75, 3.05) is 0 Å². The standard InChI is InChI=1S/C52H30N4S/c1-2-8-31(9-3-1)43-26-20-34-18-19-35-21-27-45(55-51(35)50(34)54-43)37-23-29-44-36(30-37)22-28-42(53-44)32-14-16-33(17-15-32)49-41-25-24-39-38-10-5-7-13-47(38)57-52(39)48(41)40-11-4-6-12-46(40)56-49/h1-30H. The fourth-order valence-corrected chi connectivity index (χ4v) is 9.64. The van der Waals surface area contributed by atoms with Gasteiger partial charge in [-0.25, -0.2) is 19.9 Å². The Labute approximate surface area is 331 Å². The van der Waals surface area contributed by atoms with Crippen molar-refractivity contribution in [3.8, 4) is 45.0 Å². The van der Waals surface area contributed by atoms with Crippen LogP contribution in [0.3, 0.4) is 0 Å². The maximum absolute atomic E-state index is 5.24. The van der Waals surface area contributed by atoms with Gasteiger partial charge in [-0.3, -0.25) is 0 Å². The third-order valence-electron chi connectivity index (χ3n) is 11.2. The molecule has 264 valence electrons. The van der Waals surface area contributed by atoms with E-state index in [1.807, 2.05) is 29.5 Å². The normalized spacial score (nSPS) is 11.9. The van der Waals surface area contributed by atoms with Crippen LogP contribution in [0.25, 0.3) is 120 Å². The van der Waals surface area contributed by atoms with Crippen molar-refractivity contribution in [2.24, 2.45) is 0 Å². The Morgan fingerprint density at radius 1 is 0.333 bits per heavy atom. The molecule has 0 aliphatic carbocycles. The Kier molecular flexibility index (Phi) is 7.06. The smallest absolute Gasteiger partial charge is 0.0972 e. The number of aromatic nitrogens is 4. The molecule has 12 aromatic rings. The molecule has 5 heteroatoms. The molecule has 0 atom stereocenters. The summed E-state index contributed by atoms with van der Waals surface area (Å²) in [5.74, 6) is 0. The van der Waals surface area contributed by atoms with E-state index in [9.17, 15) is 0 Å². The molecule has 0 bridgehead atoms. The van der Waals surface area contributed by atoms with Crippen molar-refractivity contribution in [3.05, 3.63) is 182 Å². The minimum Gasteiger partial charge on any atom is -0.248 e. The van der Waals surface area contributed by atoms with E-state index in [2.05, 4.69) is 164 Å². The van der Waals surface area contributed by atoms with Crippen LogP contribution in [0.4, 0.5) is 0 Å². The molecule has 5 aromatic heterocycles. The van der Waals surface area contributed by atoms with Gasteiger partial charge in [0.05, 0.1) is 44.8 Å². The molecule has 5 heterocycles. The number of nitrogens with zero attached hydrogens (tertiary/aromatic N) is 4. The summed E-state index contributed by atoms with van der Waals surface area (Å²) in [5, 5.41) is 9.44. The average molecular weight is 743 g/mol. The topological polar surface area (TPSA) is 51.6 Å². The van der Waals surface area contributed by atoms with Crippen LogP contribution >= 0.6 is 11.3 Å². The third-order valence-corrected chi connectivity index (χ3v) is 12.4. The maximum atomic E-state index is 5.24. The van der Waals surface area contributed by atoms with Crippen molar-refractivity contribution in [1.82, 2.24) is 19.9 Å². The van der Waals surface area contributed by atoms with Crippen molar-refractivity contribution in [1.29, 1.82) is 0 Å². The molecular weight excluding hydrogens is 713 g/mol. The second kappa shape index (κ2) is 12.6. The van der Waals surface area contributed by atoms with Gasteiger partial charge in [-0.15, -0.1) is 11.3 Å².